The van der Waals surface area contributed by atoms with Crippen LogP contribution < -0.4 is 5.73 Å². The van der Waals surface area contributed by atoms with E-state index in [-0.39, 0.29) is 0 Å². The van der Waals surface area contributed by atoms with Gasteiger partial charge in [0.15, 0.2) is 0 Å². The zero-order valence-electron chi connectivity index (χ0n) is 10.9. The van der Waals surface area contributed by atoms with Gasteiger partial charge in [0.05, 0.1) is 13.2 Å². The number of rotatable bonds is 5. The summed E-state index contributed by atoms with van der Waals surface area (Å²) < 4.78 is 5.38. The summed E-state index contributed by atoms with van der Waals surface area (Å²) >= 11 is 0. The number of nitrogens with two attached hydrogens (primary N) is 1. The van der Waals surface area contributed by atoms with Gasteiger partial charge in [-0.2, -0.15) is 0 Å². The molecule has 0 aliphatic carbocycles. The average Bonchev–Trinajstić information content (AvgIpc) is 2.39. The summed E-state index contributed by atoms with van der Waals surface area (Å²) in [5.74, 6) is 0. The van der Waals surface area contributed by atoms with Crippen molar-refractivity contribution in [3.63, 3.8) is 0 Å². The molecule has 2 heterocycles. The van der Waals surface area contributed by atoms with E-state index in [2.05, 4.69) is 9.80 Å². The van der Waals surface area contributed by atoms with Gasteiger partial charge in [0, 0.05) is 32.2 Å². The van der Waals surface area contributed by atoms with Crippen LogP contribution in [0.3, 0.4) is 0 Å². The summed E-state index contributed by atoms with van der Waals surface area (Å²) in [4.78, 5) is 5.18. The zero-order chi connectivity index (χ0) is 11.9. The number of morpholine rings is 1. The number of piperidine rings is 1. The van der Waals surface area contributed by atoms with Gasteiger partial charge < -0.3 is 10.5 Å². The molecule has 2 aliphatic rings. The van der Waals surface area contributed by atoms with Crippen LogP contribution in [0.25, 0.3) is 0 Å². The fraction of sp³-hybridized carbons (Fsp3) is 1.00. The summed E-state index contributed by atoms with van der Waals surface area (Å²) in [6, 6.07) is 0.745. The zero-order valence-corrected chi connectivity index (χ0v) is 10.9. The standard InChI is InChI=1S/C13H27N3O/c14-5-4-13-3-1-2-6-16(13)8-7-15-9-11-17-12-10-15/h13H,1-12,14H2. The lowest BCUT2D eigenvalue weighted by molar-refractivity contribution is 0.0280. The molecular weight excluding hydrogens is 214 g/mol. The predicted molar refractivity (Wildman–Crippen MR) is 70.1 cm³/mol. The molecule has 0 aromatic rings. The van der Waals surface area contributed by atoms with E-state index in [4.69, 9.17) is 10.5 Å². The van der Waals surface area contributed by atoms with Gasteiger partial charge >= 0.3 is 0 Å². The van der Waals surface area contributed by atoms with Crippen LogP contribution in [-0.4, -0.2) is 68.3 Å². The molecule has 0 bridgehead atoms. The van der Waals surface area contributed by atoms with Crippen molar-refractivity contribution in [3.8, 4) is 0 Å². The first-order valence-electron chi connectivity index (χ1n) is 7.14. The Hall–Kier alpha value is -0.160. The number of hydrogen-bond acceptors (Lipinski definition) is 4. The molecule has 100 valence electrons. The maximum Gasteiger partial charge on any atom is 0.0594 e. The van der Waals surface area contributed by atoms with Gasteiger partial charge in [-0.1, -0.05) is 6.42 Å². The van der Waals surface area contributed by atoms with E-state index >= 15 is 0 Å². The lowest BCUT2D eigenvalue weighted by Gasteiger charge is -2.37. The molecule has 0 aromatic heterocycles. The quantitative estimate of drug-likeness (QED) is 0.762. The number of likely N-dealkylation sites (tertiary alicyclic amines) is 1. The lowest BCUT2D eigenvalue weighted by atomic mass is 9.99. The SMILES string of the molecule is NCCC1CCCCN1CCN1CCOCC1. The Kier molecular flexibility index (Phi) is 5.71. The molecule has 2 rings (SSSR count). The molecule has 0 amide bonds. The highest BCUT2D eigenvalue weighted by Gasteiger charge is 2.22. The summed E-state index contributed by atoms with van der Waals surface area (Å²) in [6.07, 6.45) is 5.27. The molecule has 0 spiro atoms. The van der Waals surface area contributed by atoms with Crippen molar-refractivity contribution < 1.29 is 4.74 Å². The van der Waals surface area contributed by atoms with E-state index < -0.39 is 0 Å². The molecule has 0 saturated carbocycles. The fourth-order valence-corrected chi connectivity index (χ4v) is 2.97. The summed E-state index contributed by atoms with van der Waals surface area (Å²) in [6.45, 7) is 8.55. The first-order valence-corrected chi connectivity index (χ1v) is 7.14. The Morgan fingerprint density at radius 2 is 1.88 bits per heavy atom. The van der Waals surface area contributed by atoms with E-state index in [0.29, 0.717) is 0 Å². The Labute approximate surface area is 105 Å². The average molecular weight is 241 g/mol. The maximum absolute atomic E-state index is 5.71. The fourth-order valence-electron chi connectivity index (χ4n) is 2.97. The molecule has 2 fully saturated rings. The molecule has 1 unspecified atom stereocenters. The van der Waals surface area contributed by atoms with Crippen molar-refractivity contribution in [2.45, 2.75) is 31.7 Å². The van der Waals surface area contributed by atoms with Gasteiger partial charge in [-0.05, 0) is 32.4 Å². The van der Waals surface area contributed by atoms with Gasteiger partial charge in [-0.25, -0.2) is 0 Å². The second-order valence-electron chi connectivity index (χ2n) is 5.22. The molecule has 2 saturated heterocycles. The highest BCUT2D eigenvalue weighted by Crippen LogP contribution is 2.18. The van der Waals surface area contributed by atoms with Crippen molar-refractivity contribution >= 4 is 0 Å². The van der Waals surface area contributed by atoms with Crippen molar-refractivity contribution in [1.29, 1.82) is 0 Å². The molecule has 2 aliphatic heterocycles. The van der Waals surface area contributed by atoms with Gasteiger partial charge in [-0.15, -0.1) is 0 Å². The molecular formula is C13H27N3O. The van der Waals surface area contributed by atoms with Crippen LogP contribution >= 0.6 is 0 Å². The van der Waals surface area contributed by atoms with E-state index in [1.807, 2.05) is 0 Å². The molecule has 17 heavy (non-hydrogen) atoms. The van der Waals surface area contributed by atoms with Crippen LogP contribution in [-0.2, 0) is 4.74 Å². The molecule has 1 atom stereocenters. The smallest absolute Gasteiger partial charge is 0.0594 e. The van der Waals surface area contributed by atoms with Crippen molar-refractivity contribution in [2.24, 2.45) is 5.73 Å². The first kappa shape index (κ1) is 13.3. The minimum Gasteiger partial charge on any atom is -0.379 e. The van der Waals surface area contributed by atoms with Gasteiger partial charge in [0.25, 0.3) is 0 Å². The second kappa shape index (κ2) is 7.31. The van der Waals surface area contributed by atoms with E-state index in [9.17, 15) is 0 Å². The minimum absolute atomic E-state index is 0.745. The molecule has 0 radical (unpaired) electrons. The predicted octanol–water partition coefficient (Wildman–Crippen LogP) is 0.522. The monoisotopic (exact) mass is 241 g/mol. The summed E-state index contributed by atoms with van der Waals surface area (Å²) in [5, 5.41) is 0. The Bertz CT molecular complexity index is 205. The minimum atomic E-state index is 0.745. The molecule has 4 heteroatoms. The Morgan fingerprint density at radius 1 is 1.06 bits per heavy atom. The second-order valence-corrected chi connectivity index (χ2v) is 5.22. The van der Waals surface area contributed by atoms with Crippen molar-refractivity contribution in [2.75, 3.05) is 52.5 Å². The number of hydrogen-bond donors (Lipinski definition) is 1. The topological polar surface area (TPSA) is 41.7 Å². The number of ether oxygens (including phenoxy) is 1. The molecule has 4 nitrogen and oxygen atoms in total. The van der Waals surface area contributed by atoms with Crippen LogP contribution in [0.1, 0.15) is 25.7 Å². The van der Waals surface area contributed by atoms with Crippen molar-refractivity contribution in [1.82, 2.24) is 9.80 Å². The Morgan fingerprint density at radius 3 is 2.65 bits per heavy atom. The third kappa shape index (κ3) is 4.21. The van der Waals surface area contributed by atoms with Crippen LogP contribution in [0.15, 0.2) is 0 Å². The highest BCUT2D eigenvalue weighted by molar-refractivity contribution is 4.78. The van der Waals surface area contributed by atoms with Gasteiger partial charge in [-0.3, -0.25) is 9.80 Å². The molecule has 2 N–H and O–H groups in total. The summed E-state index contributed by atoms with van der Waals surface area (Å²) in [5.41, 5.74) is 5.71. The highest BCUT2D eigenvalue weighted by atomic mass is 16.5. The van der Waals surface area contributed by atoms with Crippen molar-refractivity contribution in [3.05, 3.63) is 0 Å². The van der Waals surface area contributed by atoms with Crippen LogP contribution in [0.5, 0.6) is 0 Å². The third-order valence-corrected chi connectivity index (χ3v) is 4.06. The number of nitrogens with zero attached hydrogens (tertiary/aromatic N) is 2. The van der Waals surface area contributed by atoms with Crippen LogP contribution in [0, 0.1) is 0 Å². The molecule has 0 aromatic carbocycles. The van der Waals surface area contributed by atoms with Crippen LogP contribution in [0.2, 0.25) is 0 Å². The summed E-state index contributed by atoms with van der Waals surface area (Å²) in [7, 11) is 0. The van der Waals surface area contributed by atoms with Gasteiger partial charge in [0.2, 0.25) is 0 Å². The Balaban J connectivity index is 1.71. The first-order chi connectivity index (χ1) is 8.40. The van der Waals surface area contributed by atoms with E-state index in [0.717, 1.165) is 38.9 Å². The normalized spacial score (nSPS) is 28.4. The van der Waals surface area contributed by atoms with Gasteiger partial charge in [0.1, 0.15) is 0 Å². The lowest BCUT2D eigenvalue weighted by Crippen LogP contribution is -2.46. The third-order valence-electron chi connectivity index (χ3n) is 4.06. The van der Waals surface area contributed by atoms with E-state index in [1.54, 1.807) is 0 Å². The maximum atomic E-state index is 5.71. The largest absolute Gasteiger partial charge is 0.379 e. The van der Waals surface area contributed by atoms with Crippen LogP contribution in [0.4, 0.5) is 0 Å². The van der Waals surface area contributed by atoms with E-state index in [1.165, 1.54) is 45.3 Å².